The summed E-state index contributed by atoms with van der Waals surface area (Å²) in [6.45, 7) is 2.90. The van der Waals surface area contributed by atoms with E-state index in [2.05, 4.69) is 21.4 Å². The number of nitrogens with zero attached hydrogens (tertiary/aromatic N) is 4. The average molecular weight is 555 g/mol. The van der Waals surface area contributed by atoms with E-state index in [1.807, 2.05) is 36.4 Å². The molecule has 3 heterocycles. The third-order valence-corrected chi connectivity index (χ3v) is 8.08. The van der Waals surface area contributed by atoms with E-state index >= 15 is 0 Å². The van der Waals surface area contributed by atoms with Crippen LogP contribution < -0.4 is 0 Å². The topological polar surface area (TPSA) is 40.9 Å². The van der Waals surface area contributed by atoms with Crippen LogP contribution in [0.5, 0.6) is 0 Å². The first-order valence-corrected chi connectivity index (χ1v) is 13.3. The molecule has 1 aliphatic rings. The molecule has 1 aliphatic heterocycles. The lowest BCUT2D eigenvalue weighted by molar-refractivity contribution is -0.137. The van der Waals surface area contributed by atoms with Crippen LogP contribution in [0.15, 0.2) is 72.8 Å². The minimum atomic E-state index is -4.43. The highest BCUT2D eigenvalue weighted by molar-refractivity contribution is 7.23. The molecule has 1 saturated heterocycles. The van der Waals surface area contributed by atoms with Gasteiger partial charge in [0.2, 0.25) is 0 Å². The number of amides is 1. The van der Waals surface area contributed by atoms with Gasteiger partial charge in [0.05, 0.1) is 27.2 Å². The molecule has 5 nitrogen and oxygen atoms in total. The first-order chi connectivity index (χ1) is 18.3. The standard InChI is InChI=1S/C28H22ClF3N4OS/c29-21-10-11-22-24(16-21)38-27-33-25(18-4-2-1-3-5-18)23(36(22)27)17-34-12-14-35(15-13-34)26(37)19-6-8-20(9-7-19)28(30,31)32/h1-11,16H,12-15,17H2. The summed E-state index contributed by atoms with van der Waals surface area (Å²) in [7, 11) is 0. The van der Waals surface area contributed by atoms with Crippen molar-refractivity contribution < 1.29 is 18.0 Å². The summed E-state index contributed by atoms with van der Waals surface area (Å²) in [5, 5.41) is 0.681. The molecular weight excluding hydrogens is 533 g/mol. The number of rotatable bonds is 4. The zero-order valence-corrected chi connectivity index (χ0v) is 21.7. The SMILES string of the molecule is O=C(c1ccc(C(F)(F)F)cc1)N1CCN(Cc2c(-c3ccccc3)nc3sc4cc(Cl)ccc4n23)CC1. The van der Waals surface area contributed by atoms with E-state index in [0.29, 0.717) is 37.7 Å². The molecule has 0 radical (unpaired) electrons. The lowest BCUT2D eigenvalue weighted by Gasteiger charge is -2.34. The van der Waals surface area contributed by atoms with Gasteiger partial charge in [0.1, 0.15) is 0 Å². The van der Waals surface area contributed by atoms with Gasteiger partial charge in [0, 0.05) is 48.9 Å². The Bertz CT molecular complexity index is 1620. The van der Waals surface area contributed by atoms with Crippen molar-refractivity contribution in [2.45, 2.75) is 12.7 Å². The minimum absolute atomic E-state index is 0.254. The summed E-state index contributed by atoms with van der Waals surface area (Å²) in [4.78, 5) is 22.8. The predicted molar refractivity (Wildman–Crippen MR) is 144 cm³/mol. The largest absolute Gasteiger partial charge is 0.416 e. The number of carbonyl (C=O) groups is 1. The van der Waals surface area contributed by atoms with Gasteiger partial charge >= 0.3 is 6.18 Å². The van der Waals surface area contributed by atoms with Crippen LogP contribution in [0.2, 0.25) is 5.02 Å². The third-order valence-electron chi connectivity index (χ3n) is 6.85. The maximum absolute atomic E-state index is 12.9. The number of fused-ring (bicyclic) bond motifs is 3. The third kappa shape index (κ3) is 4.66. The van der Waals surface area contributed by atoms with E-state index in [-0.39, 0.29) is 11.5 Å². The first kappa shape index (κ1) is 24.9. The minimum Gasteiger partial charge on any atom is -0.336 e. The van der Waals surface area contributed by atoms with Gasteiger partial charge in [0.25, 0.3) is 5.91 Å². The second-order valence-electron chi connectivity index (χ2n) is 9.25. The molecule has 5 aromatic rings. The van der Waals surface area contributed by atoms with Crippen molar-refractivity contribution >= 4 is 44.0 Å². The zero-order valence-electron chi connectivity index (χ0n) is 20.1. The van der Waals surface area contributed by atoms with E-state index in [4.69, 9.17) is 16.6 Å². The van der Waals surface area contributed by atoms with Gasteiger partial charge in [-0.3, -0.25) is 14.1 Å². The fraction of sp³-hybridized carbons (Fsp3) is 0.214. The van der Waals surface area contributed by atoms with Crippen molar-refractivity contribution in [2.24, 2.45) is 0 Å². The Morgan fingerprint density at radius 1 is 0.947 bits per heavy atom. The highest BCUT2D eigenvalue weighted by atomic mass is 35.5. The summed E-state index contributed by atoms with van der Waals surface area (Å²) in [5.74, 6) is -0.254. The van der Waals surface area contributed by atoms with Crippen LogP contribution in [0.25, 0.3) is 26.4 Å². The molecule has 0 spiro atoms. The summed E-state index contributed by atoms with van der Waals surface area (Å²) < 4.78 is 41.9. The molecule has 0 N–H and O–H groups in total. The number of alkyl halides is 3. The smallest absolute Gasteiger partial charge is 0.336 e. The Labute approximate surface area is 225 Å². The quantitative estimate of drug-likeness (QED) is 0.244. The molecule has 1 fully saturated rings. The van der Waals surface area contributed by atoms with Crippen LogP contribution in [-0.4, -0.2) is 51.3 Å². The number of imidazole rings is 1. The van der Waals surface area contributed by atoms with Crippen LogP contribution in [0.1, 0.15) is 21.6 Å². The second kappa shape index (κ2) is 9.72. The number of halogens is 4. The van der Waals surface area contributed by atoms with Crippen molar-refractivity contribution in [3.05, 3.63) is 94.6 Å². The van der Waals surface area contributed by atoms with E-state index in [1.54, 1.807) is 16.2 Å². The first-order valence-electron chi connectivity index (χ1n) is 12.1. The van der Waals surface area contributed by atoms with E-state index in [9.17, 15) is 18.0 Å². The maximum Gasteiger partial charge on any atom is 0.416 e. The Morgan fingerprint density at radius 3 is 2.34 bits per heavy atom. The van der Waals surface area contributed by atoms with E-state index < -0.39 is 11.7 Å². The Balaban J connectivity index is 1.24. The molecule has 10 heteroatoms. The van der Waals surface area contributed by atoms with Crippen LogP contribution in [0, 0.1) is 0 Å². The molecule has 1 amide bonds. The molecule has 3 aromatic carbocycles. The number of piperazine rings is 1. The molecule has 38 heavy (non-hydrogen) atoms. The number of thiazole rings is 1. The van der Waals surface area contributed by atoms with Crippen molar-refractivity contribution in [3.63, 3.8) is 0 Å². The molecule has 0 bridgehead atoms. The van der Waals surface area contributed by atoms with Crippen molar-refractivity contribution in [3.8, 4) is 11.3 Å². The Hall–Kier alpha value is -3.40. The summed E-state index contributed by atoms with van der Waals surface area (Å²) in [5.41, 5.74) is 3.59. The molecular formula is C28H22ClF3N4OS. The maximum atomic E-state index is 12.9. The number of hydrogen-bond acceptors (Lipinski definition) is 4. The fourth-order valence-corrected chi connectivity index (χ4v) is 6.20. The van der Waals surface area contributed by atoms with Gasteiger partial charge in [-0.25, -0.2) is 4.98 Å². The van der Waals surface area contributed by atoms with Crippen LogP contribution >= 0.6 is 22.9 Å². The highest BCUT2D eigenvalue weighted by Crippen LogP contribution is 2.35. The molecule has 194 valence electrons. The monoisotopic (exact) mass is 554 g/mol. The summed E-state index contributed by atoms with van der Waals surface area (Å²) in [6.07, 6.45) is -4.43. The van der Waals surface area contributed by atoms with Gasteiger partial charge in [-0.2, -0.15) is 13.2 Å². The van der Waals surface area contributed by atoms with Crippen molar-refractivity contribution in [2.75, 3.05) is 26.2 Å². The molecule has 6 rings (SSSR count). The van der Waals surface area contributed by atoms with E-state index in [0.717, 1.165) is 44.3 Å². The Kier molecular flexibility index (Phi) is 6.37. The number of aromatic nitrogens is 2. The van der Waals surface area contributed by atoms with Gasteiger partial charge in [-0.05, 0) is 42.5 Å². The predicted octanol–water partition coefficient (Wildman–Crippen LogP) is 6.85. The molecule has 2 aromatic heterocycles. The van der Waals surface area contributed by atoms with Crippen LogP contribution in [-0.2, 0) is 12.7 Å². The molecule has 0 atom stereocenters. The summed E-state index contributed by atoms with van der Waals surface area (Å²) in [6, 6.07) is 20.3. The van der Waals surface area contributed by atoms with Crippen LogP contribution in [0.4, 0.5) is 13.2 Å². The van der Waals surface area contributed by atoms with Gasteiger partial charge < -0.3 is 4.90 Å². The number of hydrogen-bond donors (Lipinski definition) is 0. The fourth-order valence-electron chi connectivity index (χ4n) is 4.88. The Morgan fingerprint density at radius 2 is 1.66 bits per heavy atom. The normalized spacial score (nSPS) is 15.0. The highest BCUT2D eigenvalue weighted by Gasteiger charge is 2.31. The average Bonchev–Trinajstić information content (AvgIpc) is 3.44. The van der Waals surface area contributed by atoms with Crippen molar-refractivity contribution in [1.29, 1.82) is 0 Å². The zero-order chi connectivity index (χ0) is 26.4. The number of carbonyl (C=O) groups excluding carboxylic acids is 1. The van der Waals surface area contributed by atoms with Crippen LogP contribution in [0.3, 0.4) is 0 Å². The number of benzene rings is 3. The molecule has 0 aliphatic carbocycles. The molecule has 0 unspecified atom stereocenters. The van der Waals surface area contributed by atoms with E-state index in [1.165, 1.54) is 12.1 Å². The second-order valence-corrected chi connectivity index (χ2v) is 10.7. The van der Waals surface area contributed by atoms with Crippen molar-refractivity contribution in [1.82, 2.24) is 19.2 Å². The van der Waals surface area contributed by atoms with Gasteiger partial charge in [-0.1, -0.05) is 53.3 Å². The lowest BCUT2D eigenvalue weighted by atomic mass is 10.1. The lowest BCUT2D eigenvalue weighted by Crippen LogP contribution is -2.48. The van der Waals surface area contributed by atoms with Gasteiger partial charge in [0.15, 0.2) is 4.96 Å². The van der Waals surface area contributed by atoms with Gasteiger partial charge in [-0.15, -0.1) is 0 Å². The summed E-state index contributed by atoms with van der Waals surface area (Å²) >= 11 is 7.83. The molecule has 0 saturated carbocycles.